The number of piperidine rings is 1. The van der Waals surface area contributed by atoms with Crippen LogP contribution in [0.2, 0.25) is 0 Å². The average molecular weight is 418 g/mol. The first kappa shape index (κ1) is 20.4. The summed E-state index contributed by atoms with van der Waals surface area (Å²) in [5, 5.41) is 10.4. The van der Waals surface area contributed by atoms with Crippen LogP contribution in [0.1, 0.15) is 36.6 Å². The molecule has 8 heteroatoms. The largest absolute Gasteiger partial charge is 0.440 e. The van der Waals surface area contributed by atoms with Gasteiger partial charge in [-0.2, -0.15) is 13.2 Å². The Balaban J connectivity index is 1.44. The molecule has 1 saturated heterocycles. The molecule has 1 aliphatic rings. The van der Waals surface area contributed by atoms with Crippen molar-refractivity contribution >= 4 is 17.0 Å². The Morgan fingerprint density at radius 1 is 1.07 bits per heavy atom. The van der Waals surface area contributed by atoms with E-state index in [-0.39, 0.29) is 24.6 Å². The highest BCUT2D eigenvalue weighted by atomic mass is 19.4. The monoisotopic (exact) mass is 418 g/mol. The Bertz CT molecular complexity index is 994. The van der Waals surface area contributed by atoms with Crippen molar-refractivity contribution in [2.75, 3.05) is 13.1 Å². The molecule has 1 aromatic heterocycles. The number of hydrogen-bond donors (Lipinski definition) is 1. The predicted octanol–water partition coefficient (Wildman–Crippen LogP) is 4.37. The Morgan fingerprint density at radius 2 is 1.70 bits per heavy atom. The van der Waals surface area contributed by atoms with E-state index >= 15 is 0 Å². The number of aliphatic hydroxyl groups is 1. The number of fused-ring (bicyclic) bond motifs is 1. The number of hydrogen-bond acceptors (Lipinski definition) is 4. The molecule has 1 atom stereocenters. The van der Waals surface area contributed by atoms with Crippen LogP contribution in [0.3, 0.4) is 0 Å². The molecular formula is C22H21F3N2O3. The fourth-order valence-electron chi connectivity index (χ4n) is 3.85. The number of para-hydroxylation sites is 2. The molecule has 0 bridgehead atoms. The van der Waals surface area contributed by atoms with E-state index in [9.17, 15) is 23.1 Å². The number of carbonyl (C=O) groups is 1. The van der Waals surface area contributed by atoms with E-state index in [1.807, 2.05) is 24.3 Å². The summed E-state index contributed by atoms with van der Waals surface area (Å²) in [6.45, 7) is 0.565. The number of oxazole rings is 1. The molecular weight excluding hydrogens is 397 g/mol. The van der Waals surface area contributed by atoms with Crippen molar-refractivity contribution in [2.24, 2.45) is 0 Å². The zero-order valence-corrected chi connectivity index (χ0v) is 16.1. The number of alkyl halides is 3. The molecule has 0 saturated carbocycles. The number of halogens is 3. The lowest BCUT2D eigenvalue weighted by Gasteiger charge is -2.35. The fourth-order valence-corrected chi connectivity index (χ4v) is 3.85. The summed E-state index contributed by atoms with van der Waals surface area (Å²) in [5.41, 5.74) is -2.12. The molecule has 3 aromatic rings. The van der Waals surface area contributed by atoms with E-state index in [0.717, 1.165) is 5.52 Å². The minimum Gasteiger partial charge on any atom is -0.440 e. The summed E-state index contributed by atoms with van der Waals surface area (Å²) in [5.74, 6) is -0.147. The van der Waals surface area contributed by atoms with E-state index in [4.69, 9.17) is 4.42 Å². The molecule has 1 amide bonds. The molecule has 0 spiro atoms. The number of amides is 1. The highest BCUT2D eigenvalue weighted by Gasteiger charge is 2.56. The zero-order chi connectivity index (χ0) is 21.4. The first-order chi connectivity index (χ1) is 14.3. The number of nitrogens with zero attached hydrogens (tertiary/aromatic N) is 2. The third-order valence-electron chi connectivity index (χ3n) is 5.63. The van der Waals surface area contributed by atoms with Crippen molar-refractivity contribution in [3.05, 3.63) is 66.1 Å². The summed E-state index contributed by atoms with van der Waals surface area (Å²) >= 11 is 0. The minimum absolute atomic E-state index is 0.00271. The fraction of sp³-hybridized carbons (Fsp3) is 0.364. The molecule has 2 heterocycles. The first-order valence-electron chi connectivity index (χ1n) is 9.76. The first-order valence-corrected chi connectivity index (χ1v) is 9.76. The molecule has 4 rings (SSSR count). The van der Waals surface area contributed by atoms with Crippen LogP contribution < -0.4 is 0 Å². The van der Waals surface area contributed by atoms with E-state index in [2.05, 4.69) is 4.98 Å². The summed E-state index contributed by atoms with van der Waals surface area (Å²) in [6.07, 6.45) is -4.95. The molecule has 1 aliphatic heterocycles. The van der Waals surface area contributed by atoms with Crippen molar-refractivity contribution in [1.29, 1.82) is 0 Å². The lowest BCUT2D eigenvalue weighted by Crippen LogP contribution is -2.48. The van der Waals surface area contributed by atoms with Crippen LogP contribution in [0.4, 0.5) is 13.2 Å². The predicted molar refractivity (Wildman–Crippen MR) is 104 cm³/mol. The number of carbonyl (C=O) groups excluding carboxylic acids is 1. The second-order valence-electron chi connectivity index (χ2n) is 7.58. The van der Waals surface area contributed by atoms with Crippen LogP contribution in [-0.4, -0.2) is 40.2 Å². The summed E-state index contributed by atoms with van der Waals surface area (Å²) in [4.78, 5) is 18.5. The smallest absolute Gasteiger partial charge is 0.421 e. The van der Waals surface area contributed by atoms with Gasteiger partial charge in [-0.15, -0.1) is 0 Å². The van der Waals surface area contributed by atoms with E-state index < -0.39 is 24.1 Å². The van der Waals surface area contributed by atoms with Gasteiger partial charge in [0.25, 0.3) is 0 Å². The van der Waals surface area contributed by atoms with Gasteiger partial charge in [0.1, 0.15) is 5.52 Å². The van der Waals surface area contributed by atoms with Gasteiger partial charge in [0.15, 0.2) is 17.1 Å². The molecule has 158 valence electrons. The maximum Gasteiger partial charge on any atom is 0.421 e. The van der Waals surface area contributed by atoms with Gasteiger partial charge in [0, 0.05) is 19.0 Å². The van der Waals surface area contributed by atoms with Gasteiger partial charge in [0.05, 0.1) is 6.42 Å². The van der Waals surface area contributed by atoms with E-state index in [0.29, 0.717) is 24.3 Å². The molecule has 1 fully saturated rings. The van der Waals surface area contributed by atoms with E-state index in [1.54, 1.807) is 6.07 Å². The maximum atomic E-state index is 13.7. The minimum atomic E-state index is -4.97. The number of likely N-dealkylation sites (tertiary alicyclic amines) is 1. The molecule has 5 nitrogen and oxygen atoms in total. The van der Waals surface area contributed by atoms with Crippen LogP contribution in [0.5, 0.6) is 0 Å². The van der Waals surface area contributed by atoms with Gasteiger partial charge in [-0.25, -0.2) is 4.98 Å². The quantitative estimate of drug-likeness (QED) is 0.683. The molecule has 1 N–H and O–H groups in total. The lowest BCUT2D eigenvalue weighted by atomic mass is 9.88. The van der Waals surface area contributed by atoms with Crippen LogP contribution in [0, 0.1) is 0 Å². The number of aromatic nitrogens is 1. The SMILES string of the molecule is O=C(C[C@](O)(c1ccccc1)C(F)(F)F)N1CCC(c2nc3ccccc3o2)CC1. The third-order valence-corrected chi connectivity index (χ3v) is 5.63. The second kappa shape index (κ2) is 7.75. The van der Waals surface area contributed by atoms with Crippen molar-refractivity contribution in [2.45, 2.75) is 37.0 Å². The molecule has 30 heavy (non-hydrogen) atoms. The van der Waals surface area contributed by atoms with Gasteiger partial charge in [-0.1, -0.05) is 42.5 Å². The van der Waals surface area contributed by atoms with Crippen LogP contribution in [0.25, 0.3) is 11.1 Å². The highest BCUT2D eigenvalue weighted by Crippen LogP contribution is 2.42. The summed E-state index contributed by atoms with van der Waals surface area (Å²) in [7, 11) is 0. The normalized spacial score (nSPS) is 17.8. The van der Waals surface area contributed by atoms with Gasteiger partial charge in [-0.05, 0) is 30.5 Å². The Hall–Kier alpha value is -2.87. The summed E-state index contributed by atoms with van der Waals surface area (Å²) < 4.78 is 46.8. The highest BCUT2D eigenvalue weighted by molar-refractivity contribution is 5.78. The average Bonchev–Trinajstić information content (AvgIpc) is 3.18. The van der Waals surface area contributed by atoms with Gasteiger partial charge in [-0.3, -0.25) is 4.79 Å². The van der Waals surface area contributed by atoms with Crippen LogP contribution in [-0.2, 0) is 10.4 Å². The molecule has 0 radical (unpaired) electrons. The topological polar surface area (TPSA) is 66.6 Å². The standard InChI is InChI=1S/C22H21F3N2O3/c23-22(24,25)21(29,16-6-2-1-3-7-16)14-19(28)27-12-10-15(11-13-27)20-26-17-8-4-5-9-18(17)30-20/h1-9,15,29H,10-14H2/t21-/m0/s1. The Morgan fingerprint density at radius 3 is 2.33 bits per heavy atom. The zero-order valence-electron chi connectivity index (χ0n) is 16.1. The van der Waals surface area contributed by atoms with Gasteiger partial charge >= 0.3 is 6.18 Å². The van der Waals surface area contributed by atoms with Crippen molar-refractivity contribution < 1.29 is 27.5 Å². The van der Waals surface area contributed by atoms with Crippen molar-refractivity contribution in [3.8, 4) is 0 Å². The van der Waals surface area contributed by atoms with Crippen molar-refractivity contribution in [1.82, 2.24) is 9.88 Å². The molecule has 0 aliphatic carbocycles. The lowest BCUT2D eigenvalue weighted by molar-refractivity contribution is -0.268. The second-order valence-corrected chi connectivity index (χ2v) is 7.58. The van der Waals surface area contributed by atoms with Gasteiger partial charge in [0.2, 0.25) is 5.91 Å². The summed E-state index contributed by atoms with van der Waals surface area (Å²) in [6, 6.07) is 14.1. The number of benzene rings is 2. The van der Waals surface area contributed by atoms with Crippen LogP contribution >= 0.6 is 0 Å². The Kier molecular flexibility index (Phi) is 5.27. The van der Waals surface area contributed by atoms with Gasteiger partial charge < -0.3 is 14.4 Å². The van der Waals surface area contributed by atoms with Crippen LogP contribution in [0.15, 0.2) is 59.0 Å². The number of rotatable bonds is 4. The molecule has 0 unspecified atom stereocenters. The maximum absolute atomic E-state index is 13.7. The molecule has 2 aromatic carbocycles. The van der Waals surface area contributed by atoms with E-state index in [1.165, 1.54) is 29.2 Å². The Labute approximate surface area is 171 Å². The third kappa shape index (κ3) is 3.79. The van der Waals surface area contributed by atoms with Crippen molar-refractivity contribution in [3.63, 3.8) is 0 Å².